The number of fused-ring (bicyclic) bond motifs is 3. The number of aromatic nitrogens is 2. The molecule has 0 saturated heterocycles. The van der Waals surface area contributed by atoms with Crippen molar-refractivity contribution in [2.45, 2.75) is 25.6 Å². The van der Waals surface area contributed by atoms with Gasteiger partial charge in [-0.1, -0.05) is 30.3 Å². The van der Waals surface area contributed by atoms with Crippen LogP contribution in [0, 0.1) is 6.92 Å². The van der Waals surface area contributed by atoms with Crippen molar-refractivity contribution in [3.05, 3.63) is 88.8 Å². The zero-order valence-corrected chi connectivity index (χ0v) is 16.5. The highest BCUT2D eigenvalue weighted by molar-refractivity contribution is 5.94. The van der Waals surface area contributed by atoms with Gasteiger partial charge >= 0.3 is 6.18 Å². The minimum atomic E-state index is -4.48. The molecule has 8 heteroatoms. The molecule has 31 heavy (non-hydrogen) atoms. The number of aryl methyl sites for hydroxylation is 1. The number of benzene rings is 2. The molecular formula is C23H18F3N3O2. The van der Waals surface area contributed by atoms with Crippen LogP contribution in [0.25, 0.3) is 10.9 Å². The summed E-state index contributed by atoms with van der Waals surface area (Å²) in [5.74, 6) is -0.307. The van der Waals surface area contributed by atoms with Crippen molar-refractivity contribution in [1.29, 1.82) is 0 Å². The van der Waals surface area contributed by atoms with Crippen LogP contribution < -0.4 is 0 Å². The number of hydrogen-bond donors (Lipinski definition) is 1. The number of aromatic amines is 1. The number of alkyl halides is 3. The summed E-state index contributed by atoms with van der Waals surface area (Å²) in [4.78, 5) is 22.2. The summed E-state index contributed by atoms with van der Waals surface area (Å²) in [6, 6.07) is 12.1. The molecule has 2 aromatic heterocycles. The van der Waals surface area contributed by atoms with Crippen LogP contribution in [0.2, 0.25) is 0 Å². The number of para-hydroxylation sites is 1. The number of carbonyl (C=O) groups excluding carboxylic acids is 1. The molecule has 0 spiro atoms. The number of carbonyl (C=O) groups is 1. The maximum absolute atomic E-state index is 13.4. The molecule has 0 fully saturated rings. The fourth-order valence-electron chi connectivity index (χ4n) is 4.33. The second kappa shape index (κ2) is 7.01. The summed E-state index contributed by atoms with van der Waals surface area (Å²) in [5.41, 5.74) is 2.68. The topological polar surface area (TPSA) is 62.1 Å². The molecule has 1 atom stereocenters. The highest BCUT2D eigenvalue weighted by Gasteiger charge is 2.38. The van der Waals surface area contributed by atoms with Gasteiger partial charge in [0.05, 0.1) is 17.3 Å². The average molecular weight is 425 g/mol. The monoisotopic (exact) mass is 425 g/mol. The Hall–Kier alpha value is -3.55. The lowest BCUT2D eigenvalue weighted by molar-refractivity contribution is -0.137. The molecular weight excluding hydrogens is 407 g/mol. The molecule has 2 aromatic carbocycles. The van der Waals surface area contributed by atoms with Gasteiger partial charge in [-0.3, -0.25) is 4.79 Å². The molecule has 0 aliphatic carbocycles. The van der Waals surface area contributed by atoms with E-state index in [9.17, 15) is 18.0 Å². The van der Waals surface area contributed by atoms with E-state index in [1.54, 1.807) is 17.9 Å². The van der Waals surface area contributed by atoms with E-state index >= 15 is 0 Å². The van der Waals surface area contributed by atoms with Crippen molar-refractivity contribution in [3.8, 4) is 0 Å². The maximum atomic E-state index is 13.4. The molecule has 1 aliphatic rings. The highest BCUT2D eigenvalue weighted by Crippen LogP contribution is 2.40. The molecule has 158 valence electrons. The van der Waals surface area contributed by atoms with E-state index in [1.807, 2.05) is 24.3 Å². The maximum Gasteiger partial charge on any atom is 0.416 e. The van der Waals surface area contributed by atoms with Gasteiger partial charge in [0.2, 0.25) is 5.76 Å². The molecule has 3 heterocycles. The van der Waals surface area contributed by atoms with Crippen LogP contribution in [0.5, 0.6) is 0 Å². The predicted molar refractivity (Wildman–Crippen MR) is 108 cm³/mol. The van der Waals surface area contributed by atoms with Gasteiger partial charge in [0.15, 0.2) is 6.39 Å². The third-order valence-electron chi connectivity index (χ3n) is 5.76. The normalized spacial score (nSPS) is 16.5. The van der Waals surface area contributed by atoms with Crippen LogP contribution in [0.15, 0.2) is 59.3 Å². The molecule has 0 radical (unpaired) electrons. The molecule has 1 N–H and O–H groups in total. The van der Waals surface area contributed by atoms with Gasteiger partial charge in [-0.15, -0.1) is 0 Å². The smallest absolute Gasteiger partial charge is 0.416 e. The lowest BCUT2D eigenvalue weighted by Gasteiger charge is -2.36. The standard InChI is InChI=1S/C23H18F3N3O2/c1-13-21(31-12-27-13)22(30)29-10-9-17-16-7-2-3-8-18(16)28-19(17)20(29)14-5-4-6-15(11-14)23(24,25)26/h2-8,11-12,20,28H,9-10H2,1H3. The molecule has 1 amide bonds. The van der Waals surface area contributed by atoms with E-state index in [0.717, 1.165) is 34.3 Å². The Bertz CT molecular complexity index is 1290. The van der Waals surface area contributed by atoms with E-state index < -0.39 is 23.7 Å². The fraction of sp³-hybridized carbons (Fsp3) is 0.217. The number of H-pyrrole nitrogens is 1. The third kappa shape index (κ3) is 3.19. The summed E-state index contributed by atoms with van der Waals surface area (Å²) in [7, 11) is 0. The van der Waals surface area contributed by atoms with Crippen LogP contribution >= 0.6 is 0 Å². The first-order valence-corrected chi connectivity index (χ1v) is 9.82. The average Bonchev–Trinajstić information content (AvgIpc) is 3.35. The predicted octanol–water partition coefficient (Wildman–Crippen LogP) is 5.27. The van der Waals surface area contributed by atoms with Gasteiger partial charge < -0.3 is 14.3 Å². The SMILES string of the molecule is Cc1ncoc1C(=O)N1CCc2c([nH]c3ccccc23)C1c1cccc(C(F)(F)F)c1. The number of amides is 1. The molecule has 0 saturated carbocycles. The Morgan fingerprint density at radius 2 is 2.00 bits per heavy atom. The second-order valence-corrected chi connectivity index (χ2v) is 7.60. The van der Waals surface area contributed by atoms with Gasteiger partial charge in [-0.2, -0.15) is 13.2 Å². The summed E-state index contributed by atoms with van der Waals surface area (Å²) < 4.78 is 45.6. The molecule has 1 unspecified atom stereocenters. The first-order valence-electron chi connectivity index (χ1n) is 9.82. The van der Waals surface area contributed by atoms with Gasteiger partial charge in [-0.05, 0) is 42.7 Å². The summed E-state index contributed by atoms with van der Waals surface area (Å²) in [6.07, 6.45) is -2.71. The molecule has 5 nitrogen and oxygen atoms in total. The van der Waals surface area contributed by atoms with Crippen LogP contribution in [-0.4, -0.2) is 27.3 Å². The minimum Gasteiger partial charge on any atom is -0.438 e. The number of halogens is 3. The van der Waals surface area contributed by atoms with E-state index in [4.69, 9.17) is 4.42 Å². The van der Waals surface area contributed by atoms with Crippen molar-refractivity contribution < 1.29 is 22.4 Å². The van der Waals surface area contributed by atoms with E-state index in [0.29, 0.717) is 24.2 Å². The molecule has 0 bridgehead atoms. The molecule has 5 rings (SSSR count). The van der Waals surface area contributed by atoms with Gasteiger partial charge in [0, 0.05) is 23.1 Å². The summed E-state index contributed by atoms with van der Waals surface area (Å²) in [6.45, 7) is 2.00. The Balaban J connectivity index is 1.69. The van der Waals surface area contributed by atoms with E-state index in [2.05, 4.69) is 9.97 Å². The van der Waals surface area contributed by atoms with Crippen molar-refractivity contribution >= 4 is 16.8 Å². The van der Waals surface area contributed by atoms with Crippen molar-refractivity contribution in [2.24, 2.45) is 0 Å². The largest absolute Gasteiger partial charge is 0.438 e. The van der Waals surface area contributed by atoms with Crippen LogP contribution in [-0.2, 0) is 12.6 Å². The van der Waals surface area contributed by atoms with Crippen LogP contribution in [0.1, 0.15) is 44.7 Å². The lowest BCUT2D eigenvalue weighted by atomic mass is 9.91. The van der Waals surface area contributed by atoms with Gasteiger partial charge in [-0.25, -0.2) is 4.98 Å². The fourth-order valence-corrected chi connectivity index (χ4v) is 4.33. The number of oxazole rings is 1. The Kier molecular flexibility index (Phi) is 4.39. The van der Waals surface area contributed by atoms with E-state index in [-0.39, 0.29) is 5.76 Å². The quantitative estimate of drug-likeness (QED) is 0.476. The first kappa shape index (κ1) is 19.4. The lowest BCUT2D eigenvalue weighted by Crippen LogP contribution is -2.40. The highest BCUT2D eigenvalue weighted by atomic mass is 19.4. The number of rotatable bonds is 2. The number of nitrogens with one attached hydrogen (secondary N) is 1. The van der Waals surface area contributed by atoms with Crippen molar-refractivity contribution in [1.82, 2.24) is 14.9 Å². The van der Waals surface area contributed by atoms with Crippen LogP contribution in [0.3, 0.4) is 0 Å². The van der Waals surface area contributed by atoms with Gasteiger partial charge in [0.25, 0.3) is 5.91 Å². The first-order chi connectivity index (χ1) is 14.8. The Morgan fingerprint density at radius 3 is 2.74 bits per heavy atom. The zero-order valence-electron chi connectivity index (χ0n) is 16.5. The zero-order chi connectivity index (χ0) is 21.8. The Morgan fingerprint density at radius 1 is 1.19 bits per heavy atom. The number of hydrogen-bond acceptors (Lipinski definition) is 3. The van der Waals surface area contributed by atoms with Crippen molar-refractivity contribution in [2.75, 3.05) is 6.54 Å². The van der Waals surface area contributed by atoms with E-state index in [1.165, 1.54) is 12.5 Å². The Labute approximate surface area is 175 Å². The van der Waals surface area contributed by atoms with Gasteiger partial charge in [0.1, 0.15) is 0 Å². The number of nitrogens with zero attached hydrogens (tertiary/aromatic N) is 2. The minimum absolute atomic E-state index is 0.0940. The molecule has 4 aromatic rings. The summed E-state index contributed by atoms with van der Waals surface area (Å²) in [5, 5.41) is 1.01. The van der Waals surface area contributed by atoms with Crippen molar-refractivity contribution in [3.63, 3.8) is 0 Å². The molecule has 1 aliphatic heterocycles. The van der Waals surface area contributed by atoms with Crippen LogP contribution in [0.4, 0.5) is 13.2 Å². The summed E-state index contributed by atoms with van der Waals surface area (Å²) >= 11 is 0. The second-order valence-electron chi connectivity index (χ2n) is 7.60. The third-order valence-corrected chi connectivity index (χ3v) is 5.76.